The first-order chi connectivity index (χ1) is 15.3. The molecule has 0 spiro atoms. The quantitative estimate of drug-likeness (QED) is 0.558. The number of hydrogen-bond acceptors (Lipinski definition) is 6. The van der Waals surface area contributed by atoms with Crippen LogP contribution in [0.1, 0.15) is 10.4 Å². The average Bonchev–Trinajstić information content (AvgIpc) is 3.32. The summed E-state index contributed by atoms with van der Waals surface area (Å²) in [4.78, 5) is 0.931. The van der Waals surface area contributed by atoms with Crippen LogP contribution in [0.15, 0.2) is 75.8 Å². The smallest absolute Gasteiger partial charge is 0.261 e. The molecule has 0 atom stereocenters. The van der Waals surface area contributed by atoms with Crippen LogP contribution in [0.3, 0.4) is 0 Å². The van der Waals surface area contributed by atoms with Crippen molar-refractivity contribution in [3.8, 4) is 11.8 Å². The van der Waals surface area contributed by atoms with E-state index in [0.29, 0.717) is 24.5 Å². The van der Waals surface area contributed by atoms with Gasteiger partial charge in [0.15, 0.2) is 0 Å². The van der Waals surface area contributed by atoms with Gasteiger partial charge in [-0.1, -0.05) is 24.0 Å². The molecule has 10 heteroatoms. The fourth-order valence-corrected chi connectivity index (χ4v) is 6.11. The Kier molecular flexibility index (Phi) is 6.64. The van der Waals surface area contributed by atoms with Crippen molar-refractivity contribution in [2.75, 3.05) is 31.0 Å². The summed E-state index contributed by atoms with van der Waals surface area (Å²) >= 11 is 1.53. The van der Waals surface area contributed by atoms with E-state index in [1.54, 1.807) is 24.3 Å². The Bertz CT molecular complexity index is 1350. The van der Waals surface area contributed by atoms with Crippen LogP contribution < -0.4 is 4.72 Å². The molecule has 1 N–H and O–H groups in total. The third-order valence-electron chi connectivity index (χ3n) is 4.71. The van der Waals surface area contributed by atoms with E-state index in [1.165, 1.54) is 39.9 Å². The number of nitrogens with zero attached hydrogens (tertiary/aromatic N) is 1. The maximum atomic E-state index is 12.8. The molecule has 0 unspecified atom stereocenters. The largest absolute Gasteiger partial charge is 0.379 e. The molecule has 4 rings (SSSR count). The molecule has 0 radical (unpaired) electrons. The van der Waals surface area contributed by atoms with Crippen LogP contribution in [0.4, 0.5) is 5.69 Å². The first kappa shape index (κ1) is 22.5. The van der Waals surface area contributed by atoms with Crippen LogP contribution in [0, 0.1) is 11.8 Å². The third-order valence-corrected chi connectivity index (χ3v) is 8.80. The number of nitrogens with one attached hydrogen (secondary N) is 1. The summed E-state index contributed by atoms with van der Waals surface area (Å²) in [6.07, 6.45) is 0. The maximum Gasteiger partial charge on any atom is 0.261 e. The van der Waals surface area contributed by atoms with Crippen molar-refractivity contribution in [3.63, 3.8) is 0 Å². The maximum absolute atomic E-state index is 12.8. The Hall–Kier alpha value is -2.68. The van der Waals surface area contributed by atoms with Crippen LogP contribution in [-0.2, 0) is 24.8 Å². The molecule has 1 saturated heterocycles. The minimum Gasteiger partial charge on any atom is -0.379 e. The van der Waals surface area contributed by atoms with Gasteiger partial charge in [-0.3, -0.25) is 4.72 Å². The molecule has 2 aromatic carbocycles. The lowest BCUT2D eigenvalue weighted by molar-refractivity contribution is 0.0730. The first-order valence-corrected chi connectivity index (χ1v) is 13.5. The summed E-state index contributed by atoms with van der Waals surface area (Å²) in [5.74, 6) is 6.05. The SMILES string of the molecule is O=S(=O)(Nc1cccc(C#Cc2cccs2)c1)c1ccc(S(=O)(=O)N2CCOCC2)cc1. The number of morpholine rings is 1. The van der Waals surface area contributed by atoms with E-state index in [9.17, 15) is 16.8 Å². The second kappa shape index (κ2) is 9.44. The van der Waals surface area contributed by atoms with Gasteiger partial charge in [0.05, 0.1) is 33.6 Å². The standard InChI is InChI=1S/C22H20N2O5S3/c25-31(26,23-19-4-1-3-18(17-19)6-7-20-5-2-16-30-20)21-8-10-22(11-9-21)32(27,28)24-12-14-29-15-13-24/h1-5,8-11,16-17,23H,12-15H2. The number of hydrogen-bond donors (Lipinski definition) is 1. The lowest BCUT2D eigenvalue weighted by atomic mass is 10.2. The molecule has 2 heterocycles. The lowest BCUT2D eigenvalue weighted by Gasteiger charge is -2.26. The van der Waals surface area contributed by atoms with E-state index in [2.05, 4.69) is 16.6 Å². The fraction of sp³-hybridized carbons (Fsp3) is 0.182. The van der Waals surface area contributed by atoms with Gasteiger partial charge in [0.2, 0.25) is 10.0 Å². The molecule has 32 heavy (non-hydrogen) atoms. The van der Waals surface area contributed by atoms with E-state index in [4.69, 9.17) is 4.74 Å². The molecule has 1 aromatic heterocycles. The molecule has 0 amide bonds. The highest BCUT2D eigenvalue weighted by atomic mass is 32.2. The van der Waals surface area contributed by atoms with Crippen molar-refractivity contribution in [1.82, 2.24) is 4.31 Å². The van der Waals surface area contributed by atoms with Gasteiger partial charge in [-0.15, -0.1) is 11.3 Å². The van der Waals surface area contributed by atoms with Crippen LogP contribution in [0.2, 0.25) is 0 Å². The van der Waals surface area contributed by atoms with Crippen molar-refractivity contribution in [2.24, 2.45) is 0 Å². The minimum absolute atomic E-state index is 0.0338. The predicted molar refractivity (Wildman–Crippen MR) is 124 cm³/mol. The molecule has 1 aliphatic heterocycles. The van der Waals surface area contributed by atoms with Crippen molar-refractivity contribution in [2.45, 2.75) is 9.79 Å². The molecule has 0 saturated carbocycles. The topological polar surface area (TPSA) is 92.8 Å². The molecule has 3 aromatic rings. The number of ether oxygens (including phenoxy) is 1. The summed E-state index contributed by atoms with van der Waals surface area (Å²) in [5, 5.41) is 1.94. The van der Waals surface area contributed by atoms with Gasteiger partial charge in [0.1, 0.15) is 0 Å². The second-order valence-corrected chi connectivity index (χ2v) is 11.5. The predicted octanol–water partition coefficient (Wildman–Crippen LogP) is 2.97. The zero-order valence-electron chi connectivity index (χ0n) is 16.9. The highest BCUT2D eigenvalue weighted by Gasteiger charge is 2.26. The Morgan fingerprint density at radius 2 is 1.59 bits per heavy atom. The van der Waals surface area contributed by atoms with Gasteiger partial charge in [-0.25, -0.2) is 16.8 Å². The Morgan fingerprint density at radius 1 is 0.875 bits per heavy atom. The van der Waals surface area contributed by atoms with Gasteiger partial charge in [-0.05, 0) is 53.9 Å². The average molecular weight is 489 g/mol. The van der Waals surface area contributed by atoms with Gasteiger partial charge in [0, 0.05) is 18.7 Å². The van der Waals surface area contributed by atoms with E-state index in [0.717, 1.165) is 4.88 Å². The number of thiophene rings is 1. The molecule has 0 bridgehead atoms. The minimum atomic E-state index is -3.90. The summed E-state index contributed by atoms with van der Waals surface area (Å²) in [7, 11) is -7.59. The van der Waals surface area contributed by atoms with E-state index >= 15 is 0 Å². The fourth-order valence-electron chi connectivity index (χ4n) is 3.08. The second-order valence-electron chi connectivity index (χ2n) is 6.90. The molecule has 1 aliphatic rings. The van der Waals surface area contributed by atoms with E-state index in [-0.39, 0.29) is 22.9 Å². The molecule has 1 fully saturated rings. The van der Waals surface area contributed by atoms with Crippen molar-refractivity contribution in [3.05, 3.63) is 76.5 Å². The number of rotatable bonds is 5. The van der Waals surface area contributed by atoms with Gasteiger partial charge in [-0.2, -0.15) is 4.31 Å². The number of anilines is 1. The number of sulfonamides is 2. The highest BCUT2D eigenvalue weighted by molar-refractivity contribution is 7.92. The van der Waals surface area contributed by atoms with Crippen molar-refractivity contribution in [1.29, 1.82) is 0 Å². The summed E-state index contributed by atoms with van der Waals surface area (Å²) in [6, 6.07) is 15.8. The van der Waals surface area contributed by atoms with Crippen molar-refractivity contribution < 1.29 is 21.6 Å². The molecular weight excluding hydrogens is 468 g/mol. The van der Waals surface area contributed by atoms with Gasteiger partial charge in [0.25, 0.3) is 10.0 Å². The zero-order chi connectivity index (χ0) is 22.6. The van der Waals surface area contributed by atoms with E-state index < -0.39 is 20.0 Å². The highest BCUT2D eigenvalue weighted by Crippen LogP contribution is 2.22. The monoisotopic (exact) mass is 488 g/mol. The molecule has 166 valence electrons. The Balaban J connectivity index is 1.51. The summed E-state index contributed by atoms with van der Waals surface area (Å²) in [6.45, 7) is 1.23. The van der Waals surface area contributed by atoms with Gasteiger partial charge >= 0.3 is 0 Å². The zero-order valence-corrected chi connectivity index (χ0v) is 19.3. The van der Waals surface area contributed by atoms with Crippen LogP contribution in [0.5, 0.6) is 0 Å². The van der Waals surface area contributed by atoms with Crippen LogP contribution >= 0.6 is 11.3 Å². The third kappa shape index (κ3) is 5.20. The lowest BCUT2D eigenvalue weighted by Crippen LogP contribution is -2.40. The normalized spacial score (nSPS) is 15.0. The Labute approximate surface area is 191 Å². The van der Waals surface area contributed by atoms with Gasteiger partial charge < -0.3 is 4.74 Å². The first-order valence-electron chi connectivity index (χ1n) is 9.71. The molecule has 7 nitrogen and oxygen atoms in total. The van der Waals surface area contributed by atoms with Crippen LogP contribution in [-0.4, -0.2) is 47.4 Å². The Morgan fingerprint density at radius 3 is 2.28 bits per heavy atom. The van der Waals surface area contributed by atoms with Crippen LogP contribution in [0.25, 0.3) is 0 Å². The molecule has 0 aliphatic carbocycles. The molecular formula is C22H20N2O5S3. The van der Waals surface area contributed by atoms with E-state index in [1.807, 2.05) is 17.5 Å². The van der Waals surface area contributed by atoms with Crippen molar-refractivity contribution >= 4 is 37.1 Å². The summed E-state index contributed by atoms with van der Waals surface area (Å²) < 4.78 is 60.1. The number of benzene rings is 2. The summed E-state index contributed by atoms with van der Waals surface area (Å²) in [5.41, 5.74) is 1.04.